The number of rotatable bonds is 6. The summed E-state index contributed by atoms with van der Waals surface area (Å²) in [7, 11) is 1.70. The highest BCUT2D eigenvalue weighted by Gasteiger charge is 2.26. The van der Waals surface area contributed by atoms with Crippen LogP contribution in [0.25, 0.3) is 11.0 Å². The third-order valence-corrected chi connectivity index (χ3v) is 4.39. The average Bonchev–Trinajstić information content (AvgIpc) is 2.90. The SMILES string of the molecule is CN(CC(=O)O)CC1CN(C(=O)Cn2c(=O)[nH]c3ccccc32)CCO1. The van der Waals surface area contributed by atoms with E-state index < -0.39 is 5.97 Å². The molecule has 2 N–H and O–H groups in total. The lowest BCUT2D eigenvalue weighted by Gasteiger charge is -2.34. The van der Waals surface area contributed by atoms with E-state index in [2.05, 4.69) is 4.98 Å². The number of benzene rings is 1. The first kappa shape index (κ1) is 18.2. The molecule has 9 heteroatoms. The Morgan fingerprint density at radius 2 is 2.15 bits per heavy atom. The van der Waals surface area contributed by atoms with Crippen LogP contribution < -0.4 is 5.69 Å². The van der Waals surface area contributed by atoms with E-state index in [0.717, 1.165) is 0 Å². The normalized spacial score (nSPS) is 17.8. The molecule has 0 bridgehead atoms. The Bertz CT molecular complexity index is 858. The van der Waals surface area contributed by atoms with Crippen LogP contribution in [0.15, 0.2) is 29.1 Å². The lowest BCUT2D eigenvalue weighted by Crippen LogP contribution is -2.50. The minimum Gasteiger partial charge on any atom is -0.480 e. The van der Waals surface area contributed by atoms with Gasteiger partial charge in [0.25, 0.3) is 0 Å². The Hall–Kier alpha value is -2.65. The fraction of sp³-hybridized carbons (Fsp3) is 0.471. The van der Waals surface area contributed by atoms with Gasteiger partial charge in [-0.1, -0.05) is 12.1 Å². The number of carboxylic acids is 1. The number of aromatic amines is 1. The number of aliphatic carboxylic acids is 1. The van der Waals surface area contributed by atoms with Crippen molar-refractivity contribution in [2.45, 2.75) is 12.6 Å². The molecule has 1 aromatic heterocycles. The van der Waals surface area contributed by atoms with Crippen LogP contribution in [-0.4, -0.2) is 82.3 Å². The number of fused-ring (bicyclic) bond motifs is 1. The fourth-order valence-corrected chi connectivity index (χ4v) is 3.20. The lowest BCUT2D eigenvalue weighted by atomic mass is 10.2. The Morgan fingerprint density at radius 3 is 2.92 bits per heavy atom. The molecule has 1 aromatic carbocycles. The van der Waals surface area contributed by atoms with Gasteiger partial charge in [0.15, 0.2) is 0 Å². The number of aromatic nitrogens is 2. The summed E-state index contributed by atoms with van der Waals surface area (Å²) in [4.78, 5) is 41.6. The van der Waals surface area contributed by atoms with Crippen molar-refractivity contribution in [3.8, 4) is 0 Å². The van der Waals surface area contributed by atoms with Gasteiger partial charge in [-0.25, -0.2) is 4.79 Å². The van der Waals surface area contributed by atoms with Gasteiger partial charge in [0, 0.05) is 19.6 Å². The molecular formula is C17H22N4O5. The Morgan fingerprint density at radius 1 is 1.38 bits per heavy atom. The van der Waals surface area contributed by atoms with Crippen molar-refractivity contribution in [1.29, 1.82) is 0 Å². The van der Waals surface area contributed by atoms with Crippen LogP contribution in [0.4, 0.5) is 0 Å². The number of likely N-dealkylation sites (N-methyl/N-ethyl adjacent to an activating group) is 1. The molecule has 0 saturated carbocycles. The molecule has 2 aromatic rings. The van der Waals surface area contributed by atoms with Crippen molar-refractivity contribution in [2.24, 2.45) is 0 Å². The first-order valence-electron chi connectivity index (χ1n) is 8.41. The van der Waals surface area contributed by atoms with E-state index >= 15 is 0 Å². The summed E-state index contributed by atoms with van der Waals surface area (Å²) in [6.07, 6.45) is -0.253. The second kappa shape index (κ2) is 7.71. The van der Waals surface area contributed by atoms with E-state index in [-0.39, 0.29) is 30.8 Å². The topological polar surface area (TPSA) is 108 Å². The van der Waals surface area contributed by atoms with E-state index in [0.29, 0.717) is 37.3 Å². The second-order valence-electron chi connectivity index (χ2n) is 6.46. The summed E-state index contributed by atoms with van der Waals surface area (Å²) in [5, 5.41) is 8.83. The smallest absolute Gasteiger partial charge is 0.326 e. The number of carbonyl (C=O) groups is 2. The number of morpholine rings is 1. The zero-order chi connectivity index (χ0) is 18.7. The molecule has 1 amide bonds. The van der Waals surface area contributed by atoms with Crippen molar-refractivity contribution in [3.05, 3.63) is 34.7 Å². The van der Waals surface area contributed by atoms with Gasteiger partial charge in [-0.2, -0.15) is 0 Å². The predicted molar refractivity (Wildman–Crippen MR) is 94.0 cm³/mol. The standard InChI is InChI=1S/C17H22N4O5/c1-19(11-16(23)24)8-12-9-20(6-7-26-12)15(22)10-21-14-5-3-2-4-13(14)18-17(21)25/h2-5,12H,6-11H2,1H3,(H,18,25)(H,23,24). The van der Waals surface area contributed by atoms with Gasteiger partial charge in [0.1, 0.15) is 6.54 Å². The quantitative estimate of drug-likeness (QED) is 0.722. The van der Waals surface area contributed by atoms with Crippen molar-refractivity contribution < 1.29 is 19.4 Å². The van der Waals surface area contributed by atoms with E-state index in [4.69, 9.17) is 9.84 Å². The van der Waals surface area contributed by atoms with E-state index in [1.54, 1.807) is 29.0 Å². The average molecular weight is 362 g/mol. The van der Waals surface area contributed by atoms with Gasteiger partial charge in [0.05, 0.1) is 30.3 Å². The van der Waals surface area contributed by atoms with Crippen LogP contribution in [0, 0.1) is 0 Å². The summed E-state index contributed by atoms with van der Waals surface area (Å²) in [5.74, 6) is -1.07. The van der Waals surface area contributed by atoms with Crippen molar-refractivity contribution in [3.63, 3.8) is 0 Å². The predicted octanol–water partition coefficient (Wildman–Crippen LogP) is -0.427. The molecule has 0 spiro atoms. The highest BCUT2D eigenvalue weighted by Crippen LogP contribution is 2.11. The van der Waals surface area contributed by atoms with Crippen LogP contribution in [0.2, 0.25) is 0 Å². The lowest BCUT2D eigenvalue weighted by molar-refractivity contribution is -0.142. The highest BCUT2D eigenvalue weighted by molar-refractivity contribution is 5.80. The van der Waals surface area contributed by atoms with Crippen LogP contribution in [0.1, 0.15) is 0 Å². The summed E-state index contributed by atoms with van der Waals surface area (Å²) in [6.45, 7) is 1.51. The summed E-state index contributed by atoms with van der Waals surface area (Å²) < 4.78 is 7.07. The number of carboxylic acid groups (broad SMARTS) is 1. The molecule has 1 aliphatic heterocycles. The van der Waals surface area contributed by atoms with E-state index in [1.807, 2.05) is 12.1 Å². The number of H-pyrrole nitrogens is 1. The van der Waals surface area contributed by atoms with Gasteiger partial charge in [-0.3, -0.25) is 19.1 Å². The van der Waals surface area contributed by atoms with Gasteiger partial charge < -0.3 is 19.7 Å². The molecule has 140 valence electrons. The van der Waals surface area contributed by atoms with Crippen molar-refractivity contribution in [2.75, 3.05) is 39.8 Å². The summed E-state index contributed by atoms with van der Waals surface area (Å²) in [6, 6.07) is 7.23. The second-order valence-corrected chi connectivity index (χ2v) is 6.46. The van der Waals surface area contributed by atoms with Crippen molar-refractivity contribution in [1.82, 2.24) is 19.4 Å². The largest absolute Gasteiger partial charge is 0.480 e. The van der Waals surface area contributed by atoms with Gasteiger partial charge in [-0.05, 0) is 19.2 Å². The number of nitrogens with zero attached hydrogens (tertiary/aromatic N) is 3. The Labute approximate surface area is 149 Å². The number of ether oxygens (including phenoxy) is 1. The molecule has 1 aliphatic rings. The molecular weight excluding hydrogens is 340 g/mol. The van der Waals surface area contributed by atoms with Crippen LogP contribution >= 0.6 is 0 Å². The number of para-hydroxylation sites is 2. The fourth-order valence-electron chi connectivity index (χ4n) is 3.20. The summed E-state index contributed by atoms with van der Waals surface area (Å²) >= 11 is 0. The maximum Gasteiger partial charge on any atom is 0.326 e. The molecule has 0 radical (unpaired) electrons. The maximum atomic E-state index is 12.7. The number of hydrogen-bond donors (Lipinski definition) is 2. The number of nitrogens with one attached hydrogen (secondary N) is 1. The van der Waals surface area contributed by atoms with E-state index in [9.17, 15) is 14.4 Å². The molecule has 3 rings (SSSR count). The minimum absolute atomic E-state index is 0.0411. The van der Waals surface area contributed by atoms with Crippen molar-refractivity contribution >= 4 is 22.9 Å². The Kier molecular flexibility index (Phi) is 5.38. The van der Waals surface area contributed by atoms with E-state index in [1.165, 1.54) is 4.57 Å². The third kappa shape index (κ3) is 4.12. The summed E-state index contributed by atoms with van der Waals surface area (Å²) in [5.41, 5.74) is 1.07. The van der Waals surface area contributed by atoms with Crippen LogP contribution in [0.3, 0.4) is 0 Å². The van der Waals surface area contributed by atoms with Gasteiger partial charge in [0.2, 0.25) is 5.91 Å². The maximum absolute atomic E-state index is 12.7. The zero-order valence-corrected chi connectivity index (χ0v) is 14.6. The molecule has 9 nitrogen and oxygen atoms in total. The monoisotopic (exact) mass is 362 g/mol. The molecule has 1 fully saturated rings. The zero-order valence-electron chi connectivity index (χ0n) is 14.6. The van der Waals surface area contributed by atoms with Gasteiger partial charge in [-0.15, -0.1) is 0 Å². The molecule has 1 unspecified atom stereocenters. The Balaban J connectivity index is 1.65. The van der Waals surface area contributed by atoms with Crippen LogP contribution in [-0.2, 0) is 20.9 Å². The van der Waals surface area contributed by atoms with Gasteiger partial charge >= 0.3 is 11.7 Å². The minimum atomic E-state index is -0.907. The molecule has 26 heavy (non-hydrogen) atoms. The highest BCUT2D eigenvalue weighted by atomic mass is 16.5. The van der Waals surface area contributed by atoms with Crippen LogP contribution in [0.5, 0.6) is 0 Å². The number of imidazole rings is 1. The molecule has 1 atom stereocenters. The number of carbonyl (C=O) groups excluding carboxylic acids is 1. The first-order chi connectivity index (χ1) is 12.4. The number of amides is 1. The first-order valence-corrected chi connectivity index (χ1v) is 8.41. The third-order valence-electron chi connectivity index (χ3n) is 4.39. The molecule has 0 aliphatic carbocycles. The molecule has 1 saturated heterocycles. The molecule has 2 heterocycles. The number of hydrogen-bond acceptors (Lipinski definition) is 5.